The van der Waals surface area contributed by atoms with E-state index < -0.39 is 31.0 Å². The molecule has 4 atom stereocenters. The zero-order valence-electron chi connectivity index (χ0n) is 18.9. The van der Waals surface area contributed by atoms with Crippen molar-refractivity contribution >= 4 is 39.8 Å². The first-order valence-electron chi connectivity index (χ1n) is 11.0. The van der Waals surface area contributed by atoms with Crippen molar-refractivity contribution in [2.75, 3.05) is 18.5 Å². The number of aryl methyl sites for hydroxylation is 1. The molecule has 1 aromatic carbocycles. The van der Waals surface area contributed by atoms with Gasteiger partial charge in [-0.3, -0.25) is 4.40 Å². The molecule has 0 aliphatic carbocycles. The lowest BCUT2D eigenvalue weighted by Crippen LogP contribution is -2.48. The summed E-state index contributed by atoms with van der Waals surface area (Å²) in [5.74, 6) is 0.583. The molecular formula is C23H27ClN6O5. The third-order valence-electron chi connectivity index (χ3n) is 5.70. The number of rotatable bonds is 10. The second-order valence-corrected chi connectivity index (χ2v) is 8.65. The Balaban J connectivity index is 1.52. The van der Waals surface area contributed by atoms with E-state index in [1.165, 1.54) is 0 Å². The number of halogens is 1. The first-order valence-corrected chi connectivity index (χ1v) is 11.4. The molecule has 3 heterocycles. The maximum Gasteiger partial charge on any atom is 0.164 e. The van der Waals surface area contributed by atoms with Gasteiger partial charge in [-0.25, -0.2) is 15.0 Å². The highest BCUT2D eigenvalue weighted by Crippen LogP contribution is 2.30. The Kier molecular flexibility index (Phi) is 7.77. The van der Waals surface area contributed by atoms with Gasteiger partial charge in [-0.1, -0.05) is 23.7 Å². The van der Waals surface area contributed by atoms with Crippen LogP contribution in [0.25, 0.3) is 16.7 Å². The quantitative estimate of drug-likeness (QED) is 0.162. The van der Waals surface area contributed by atoms with E-state index in [9.17, 15) is 20.4 Å². The molecule has 0 aliphatic heterocycles. The number of fused-ring (bicyclic) bond motifs is 3. The van der Waals surface area contributed by atoms with E-state index >= 15 is 0 Å². The van der Waals surface area contributed by atoms with Crippen LogP contribution in [-0.4, -0.2) is 82.5 Å². The zero-order valence-corrected chi connectivity index (χ0v) is 19.6. The summed E-state index contributed by atoms with van der Waals surface area (Å²) in [4.78, 5) is 13.6. The van der Waals surface area contributed by atoms with Crippen LogP contribution in [0, 0.1) is 6.92 Å². The monoisotopic (exact) mass is 502 g/mol. The number of nitrogens with zero attached hydrogens (tertiary/aromatic N) is 4. The van der Waals surface area contributed by atoms with Gasteiger partial charge in [-0.15, -0.1) is 0 Å². The Bertz CT molecular complexity index is 1300. The fourth-order valence-electron chi connectivity index (χ4n) is 3.69. The van der Waals surface area contributed by atoms with Gasteiger partial charge in [0.05, 0.1) is 35.3 Å². The minimum atomic E-state index is -1.67. The number of aliphatic hydroxyl groups excluding tert-OH is 5. The number of pyridine rings is 1. The number of anilines is 2. The number of para-hydroxylation sites is 1. The number of hydrogen-bond acceptors (Lipinski definition) is 10. The number of benzene rings is 1. The summed E-state index contributed by atoms with van der Waals surface area (Å²) in [5, 5.41) is 54.9. The predicted octanol–water partition coefficient (Wildman–Crippen LogP) is 0.508. The van der Waals surface area contributed by atoms with E-state index in [1.807, 2.05) is 29.5 Å². The van der Waals surface area contributed by atoms with Gasteiger partial charge >= 0.3 is 0 Å². The lowest BCUT2D eigenvalue weighted by Gasteiger charge is -2.25. The van der Waals surface area contributed by atoms with Gasteiger partial charge in [-0.05, 0) is 30.7 Å². The van der Waals surface area contributed by atoms with Crippen molar-refractivity contribution in [1.29, 1.82) is 0 Å². The highest BCUT2D eigenvalue weighted by Gasteiger charge is 2.29. The molecule has 186 valence electrons. The van der Waals surface area contributed by atoms with E-state index in [4.69, 9.17) is 21.7 Å². The van der Waals surface area contributed by atoms with E-state index in [2.05, 4.69) is 20.6 Å². The molecule has 12 heteroatoms. The van der Waals surface area contributed by atoms with E-state index in [0.717, 1.165) is 11.3 Å². The number of aromatic nitrogens is 4. The van der Waals surface area contributed by atoms with Gasteiger partial charge in [0.1, 0.15) is 35.7 Å². The molecule has 0 unspecified atom stereocenters. The predicted molar refractivity (Wildman–Crippen MR) is 131 cm³/mol. The second kappa shape index (κ2) is 10.8. The van der Waals surface area contributed by atoms with Gasteiger partial charge in [0, 0.05) is 13.1 Å². The molecule has 0 bridgehead atoms. The summed E-state index contributed by atoms with van der Waals surface area (Å²) >= 11 is 6.37. The summed E-state index contributed by atoms with van der Waals surface area (Å²) < 4.78 is 1.81. The number of nitrogens with one attached hydrogen (secondary N) is 2. The van der Waals surface area contributed by atoms with Crippen LogP contribution in [0.2, 0.25) is 5.02 Å². The van der Waals surface area contributed by atoms with Crippen molar-refractivity contribution < 1.29 is 25.5 Å². The third kappa shape index (κ3) is 5.36. The van der Waals surface area contributed by atoms with Crippen LogP contribution < -0.4 is 10.6 Å². The normalized spacial score (nSPS) is 15.3. The van der Waals surface area contributed by atoms with Crippen LogP contribution in [0.5, 0.6) is 0 Å². The van der Waals surface area contributed by atoms with Crippen molar-refractivity contribution in [2.24, 2.45) is 0 Å². The van der Waals surface area contributed by atoms with Crippen molar-refractivity contribution in [2.45, 2.75) is 37.9 Å². The first kappa shape index (κ1) is 25.2. The van der Waals surface area contributed by atoms with Crippen molar-refractivity contribution in [1.82, 2.24) is 24.7 Å². The molecule has 0 radical (unpaired) electrons. The van der Waals surface area contributed by atoms with Crippen molar-refractivity contribution in [3.63, 3.8) is 0 Å². The lowest BCUT2D eigenvalue weighted by atomic mass is 10.0. The van der Waals surface area contributed by atoms with E-state index in [1.54, 1.807) is 24.7 Å². The Hall–Kier alpha value is -2.90. The van der Waals surface area contributed by atoms with Crippen molar-refractivity contribution in [3.05, 3.63) is 59.1 Å². The summed E-state index contributed by atoms with van der Waals surface area (Å²) in [6.07, 6.45) is -2.89. The van der Waals surface area contributed by atoms with Crippen molar-refractivity contribution in [3.8, 4) is 0 Å². The standard InChI is InChI=1S/C23H27ClN6O5/c1-12-3-2-4-14(24)19(12)29-22-16-8-26-11-30(16)23-15(28-22)6-5-13(27-23)7-25-9-17(32)20(34)21(35)18(33)10-31/h2-6,8,11,17-18,20-21,25,31-35H,7,9-10H2,1H3,(H,28,29)/t17-,18+,20+,21+/m0/s1. The van der Waals surface area contributed by atoms with Crippen LogP contribution in [0.4, 0.5) is 11.5 Å². The van der Waals surface area contributed by atoms with Crippen LogP contribution in [0.3, 0.4) is 0 Å². The number of imidazole rings is 1. The molecule has 35 heavy (non-hydrogen) atoms. The Morgan fingerprint density at radius 3 is 2.54 bits per heavy atom. The number of hydrogen-bond donors (Lipinski definition) is 7. The minimum absolute atomic E-state index is 0.0745. The van der Waals surface area contributed by atoms with E-state index in [0.29, 0.717) is 33.2 Å². The number of aliphatic hydroxyl groups is 5. The van der Waals surface area contributed by atoms with Gasteiger partial charge in [0.2, 0.25) is 0 Å². The summed E-state index contributed by atoms with van der Waals surface area (Å²) in [7, 11) is 0. The molecule has 0 saturated carbocycles. The molecule has 7 N–H and O–H groups in total. The minimum Gasteiger partial charge on any atom is -0.394 e. The fourth-order valence-corrected chi connectivity index (χ4v) is 3.96. The van der Waals surface area contributed by atoms with Crippen LogP contribution in [0.1, 0.15) is 11.3 Å². The van der Waals surface area contributed by atoms with Gasteiger partial charge in [0.15, 0.2) is 11.5 Å². The average Bonchev–Trinajstić information content (AvgIpc) is 3.35. The zero-order chi connectivity index (χ0) is 25.1. The second-order valence-electron chi connectivity index (χ2n) is 8.24. The molecule has 11 nitrogen and oxygen atoms in total. The molecule has 4 aromatic rings. The molecule has 0 aliphatic rings. The first-order chi connectivity index (χ1) is 16.8. The molecule has 0 saturated heterocycles. The highest BCUT2D eigenvalue weighted by atomic mass is 35.5. The maximum atomic E-state index is 10.1. The summed E-state index contributed by atoms with van der Waals surface area (Å²) in [5.41, 5.74) is 4.31. The molecule has 0 amide bonds. The van der Waals surface area contributed by atoms with Gasteiger partial charge in [-0.2, -0.15) is 0 Å². The van der Waals surface area contributed by atoms with Crippen LogP contribution >= 0.6 is 11.6 Å². The Morgan fingerprint density at radius 2 is 1.80 bits per heavy atom. The van der Waals surface area contributed by atoms with Crippen LogP contribution in [-0.2, 0) is 6.54 Å². The highest BCUT2D eigenvalue weighted by molar-refractivity contribution is 6.33. The Labute approximate surface area is 205 Å². The molecule has 0 spiro atoms. The van der Waals surface area contributed by atoms with E-state index in [-0.39, 0.29) is 13.1 Å². The smallest absolute Gasteiger partial charge is 0.164 e. The molecule has 0 fully saturated rings. The largest absolute Gasteiger partial charge is 0.394 e. The topological polar surface area (TPSA) is 168 Å². The van der Waals surface area contributed by atoms with Gasteiger partial charge in [0.25, 0.3) is 0 Å². The summed E-state index contributed by atoms with van der Waals surface area (Å²) in [6, 6.07) is 9.23. The van der Waals surface area contributed by atoms with Crippen LogP contribution in [0.15, 0.2) is 42.9 Å². The Morgan fingerprint density at radius 1 is 1.03 bits per heavy atom. The summed E-state index contributed by atoms with van der Waals surface area (Å²) in [6.45, 7) is 1.41. The fraction of sp³-hybridized carbons (Fsp3) is 0.348. The maximum absolute atomic E-state index is 10.1. The SMILES string of the molecule is Cc1cccc(Cl)c1Nc1nc2ccc(CNC[C@H](O)[C@@H](O)[C@H](O)[C@H](O)CO)nc2n2cncc12. The average molecular weight is 503 g/mol. The molecule has 3 aromatic heterocycles. The lowest BCUT2D eigenvalue weighted by molar-refractivity contribution is -0.114. The molecular weight excluding hydrogens is 476 g/mol. The third-order valence-corrected chi connectivity index (χ3v) is 6.02. The van der Waals surface area contributed by atoms with Gasteiger partial charge < -0.3 is 36.2 Å². The molecule has 4 rings (SSSR count).